The van der Waals surface area contributed by atoms with Gasteiger partial charge in [0, 0.05) is 31.7 Å². The van der Waals surface area contributed by atoms with Crippen LogP contribution in [0.25, 0.3) is 0 Å². The first kappa shape index (κ1) is 16.8. The van der Waals surface area contributed by atoms with Crippen LogP contribution in [0.3, 0.4) is 0 Å². The van der Waals surface area contributed by atoms with Crippen molar-refractivity contribution in [2.45, 2.75) is 26.2 Å². The lowest BCUT2D eigenvalue weighted by Crippen LogP contribution is -2.37. The molecule has 0 radical (unpaired) electrons. The van der Waals surface area contributed by atoms with Crippen molar-refractivity contribution in [1.29, 1.82) is 0 Å². The number of anilines is 1. The second-order valence-corrected chi connectivity index (χ2v) is 5.55. The lowest BCUT2D eigenvalue weighted by atomic mass is 10.2. The molecular formula is C16H21N3O4. The van der Waals surface area contributed by atoms with Crippen LogP contribution in [0.15, 0.2) is 18.2 Å². The zero-order valence-corrected chi connectivity index (χ0v) is 13.1. The molecule has 0 unspecified atom stereocenters. The van der Waals surface area contributed by atoms with Gasteiger partial charge in [-0.15, -0.1) is 0 Å². The van der Waals surface area contributed by atoms with Gasteiger partial charge in [-0.2, -0.15) is 0 Å². The Morgan fingerprint density at radius 2 is 2.09 bits per heavy atom. The molecule has 1 saturated heterocycles. The SMILES string of the molecule is Cc1cc(O)ccc1NC(=O)C(=O)NCCCN1CCCC1=O. The van der Waals surface area contributed by atoms with E-state index in [2.05, 4.69) is 10.6 Å². The highest BCUT2D eigenvalue weighted by molar-refractivity contribution is 6.39. The van der Waals surface area contributed by atoms with Gasteiger partial charge in [0.05, 0.1) is 0 Å². The van der Waals surface area contributed by atoms with E-state index in [1.807, 2.05) is 0 Å². The molecule has 0 bridgehead atoms. The first-order valence-corrected chi connectivity index (χ1v) is 7.64. The zero-order valence-electron chi connectivity index (χ0n) is 13.1. The molecule has 7 heteroatoms. The number of amides is 3. The van der Waals surface area contributed by atoms with Crippen molar-refractivity contribution >= 4 is 23.4 Å². The Kier molecular flexibility index (Phi) is 5.56. The fourth-order valence-electron chi connectivity index (χ4n) is 2.46. The Labute approximate surface area is 134 Å². The van der Waals surface area contributed by atoms with Gasteiger partial charge in [0.15, 0.2) is 0 Å². The molecule has 0 atom stereocenters. The third-order valence-electron chi connectivity index (χ3n) is 3.73. The predicted molar refractivity (Wildman–Crippen MR) is 84.9 cm³/mol. The number of aromatic hydroxyl groups is 1. The number of rotatable bonds is 5. The molecular weight excluding hydrogens is 298 g/mol. The van der Waals surface area contributed by atoms with Gasteiger partial charge in [-0.05, 0) is 43.5 Å². The van der Waals surface area contributed by atoms with E-state index in [1.165, 1.54) is 18.2 Å². The van der Waals surface area contributed by atoms with Crippen molar-refractivity contribution in [3.8, 4) is 5.75 Å². The molecule has 1 aromatic carbocycles. The summed E-state index contributed by atoms with van der Waals surface area (Å²) in [5.41, 5.74) is 1.14. The summed E-state index contributed by atoms with van der Waals surface area (Å²) in [5.74, 6) is -1.22. The van der Waals surface area contributed by atoms with Crippen molar-refractivity contribution in [2.24, 2.45) is 0 Å². The largest absolute Gasteiger partial charge is 0.508 e. The second-order valence-electron chi connectivity index (χ2n) is 5.55. The number of carbonyl (C=O) groups excluding carboxylic acids is 3. The molecule has 3 N–H and O–H groups in total. The van der Waals surface area contributed by atoms with E-state index in [4.69, 9.17) is 0 Å². The van der Waals surface area contributed by atoms with Crippen molar-refractivity contribution in [2.75, 3.05) is 25.0 Å². The first-order valence-electron chi connectivity index (χ1n) is 7.64. The van der Waals surface area contributed by atoms with Gasteiger partial charge in [-0.1, -0.05) is 0 Å². The number of hydrogen-bond acceptors (Lipinski definition) is 4. The molecule has 0 aliphatic carbocycles. The molecule has 0 saturated carbocycles. The van der Waals surface area contributed by atoms with Crippen molar-refractivity contribution in [1.82, 2.24) is 10.2 Å². The number of aryl methyl sites for hydroxylation is 1. The molecule has 1 aliphatic heterocycles. The fourth-order valence-corrected chi connectivity index (χ4v) is 2.46. The minimum Gasteiger partial charge on any atom is -0.508 e. The summed E-state index contributed by atoms with van der Waals surface area (Å²) < 4.78 is 0. The first-order chi connectivity index (χ1) is 11.0. The zero-order chi connectivity index (χ0) is 16.8. The van der Waals surface area contributed by atoms with Crippen LogP contribution in [0, 0.1) is 6.92 Å². The summed E-state index contributed by atoms with van der Waals surface area (Å²) in [6.45, 7) is 3.43. The summed E-state index contributed by atoms with van der Waals surface area (Å²) in [6.07, 6.45) is 2.10. The van der Waals surface area contributed by atoms with Crippen LogP contribution in [0.4, 0.5) is 5.69 Å². The number of benzene rings is 1. The van der Waals surface area contributed by atoms with Crippen LogP contribution in [0.5, 0.6) is 5.75 Å². The van der Waals surface area contributed by atoms with Gasteiger partial charge in [-0.3, -0.25) is 14.4 Å². The number of hydrogen-bond donors (Lipinski definition) is 3. The van der Waals surface area contributed by atoms with Crippen molar-refractivity contribution in [3.63, 3.8) is 0 Å². The normalized spacial score (nSPS) is 14.0. The number of nitrogens with zero attached hydrogens (tertiary/aromatic N) is 1. The highest BCUT2D eigenvalue weighted by Crippen LogP contribution is 2.19. The van der Waals surface area contributed by atoms with E-state index in [1.54, 1.807) is 11.8 Å². The van der Waals surface area contributed by atoms with Crippen LogP contribution >= 0.6 is 0 Å². The number of likely N-dealkylation sites (tertiary alicyclic amines) is 1. The minimum absolute atomic E-state index is 0.0985. The second kappa shape index (κ2) is 7.62. The molecule has 1 aliphatic rings. The lowest BCUT2D eigenvalue weighted by molar-refractivity contribution is -0.136. The summed E-state index contributed by atoms with van der Waals surface area (Å²) in [7, 11) is 0. The predicted octanol–water partition coefficient (Wildman–Crippen LogP) is 0.768. The maximum absolute atomic E-state index is 11.8. The quantitative estimate of drug-likeness (QED) is 0.424. The Hall–Kier alpha value is -2.57. The molecule has 2 rings (SSSR count). The van der Waals surface area contributed by atoms with Crippen LogP contribution < -0.4 is 10.6 Å². The van der Waals surface area contributed by atoms with Gasteiger partial charge in [0.25, 0.3) is 0 Å². The molecule has 124 valence electrons. The minimum atomic E-state index is -0.754. The van der Waals surface area contributed by atoms with Crippen LogP contribution in [-0.4, -0.2) is 47.4 Å². The molecule has 1 fully saturated rings. The number of phenols is 1. The van der Waals surface area contributed by atoms with Gasteiger partial charge in [-0.25, -0.2) is 0 Å². The maximum Gasteiger partial charge on any atom is 0.313 e. The van der Waals surface area contributed by atoms with Crippen LogP contribution in [0.1, 0.15) is 24.8 Å². The van der Waals surface area contributed by atoms with E-state index in [9.17, 15) is 19.5 Å². The highest BCUT2D eigenvalue weighted by atomic mass is 16.3. The molecule has 3 amide bonds. The van der Waals surface area contributed by atoms with Crippen molar-refractivity contribution < 1.29 is 19.5 Å². The molecule has 0 aromatic heterocycles. The monoisotopic (exact) mass is 319 g/mol. The summed E-state index contributed by atoms with van der Waals surface area (Å²) in [6, 6.07) is 4.48. The Morgan fingerprint density at radius 3 is 2.74 bits per heavy atom. The standard InChI is InChI=1S/C16H21N3O4/c1-11-10-12(20)5-6-13(11)18-16(23)15(22)17-7-3-9-19-8-2-4-14(19)21/h5-6,10,20H,2-4,7-9H2,1H3,(H,17,22)(H,18,23). The average Bonchev–Trinajstić information content (AvgIpc) is 2.91. The fraction of sp³-hybridized carbons (Fsp3) is 0.438. The third-order valence-corrected chi connectivity index (χ3v) is 3.73. The Bertz CT molecular complexity index is 615. The smallest absolute Gasteiger partial charge is 0.313 e. The summed E-state index contributed by atoms with van der Waals surface area (Å²) in [5, 5.41) is 14.3. The van der Waals surface area contributed by atoms with E-state index < -0.39 is 11.8 Å². The Morgan fingerprint density at radius 1 is 1.30 bits per heavy atom. The average molecular weight is 319 g/mol. The van der Waals surface area contributed by atoms with Gasteiger partial charge in [0.1, 0.15) is 5.75 Å². The number of phenolic OH excluding ortho intramolecular Hbond substituents is 1. The lowest BCUT2D eigenvalue weighted by Gasteiger charge is -2.15. The topological polar surface area (TPSA) is 98.7 Å². The van der Waals surface area contributed by atoms with Gasteiger partial charge < -0.3 is 20.6 Å². The number of carbonyl (C=O) groups is 3. The molecule has 1 heterocycles. The van der Waals surface area contributed by atoms with E-state index in [-0.39, 0.29) is 11.7 Å². The van der Waals surface area contributed by atoms with Crippen molar-refractivity contribution in [3.05, 3.63) is 23.8 Å². The summed E-state index contributed by atoms with van der Waals surface area (Å²) >= 11 is 0. The van der Waals surface area contributed by atoms with E-state index >= 15 is 0 Å². The molecule has 7 nitrogen and oxygen atoms in total. The number of nitrogens with one attached hydrogen (secondary N) is 2. The van der Waals surface area contributed by atoms with Gasteiger partial charge in [0.2, 0.25) is 5.91 Å². The maximum atomic E-state index is 11.8. The Balaban J connectivity index is 1.72. The molecule has 0 spiro atoms. The van der Waals surface area contributed by atoms with Crippen LogP contribution in [-0.2, 0) is 14.4 Å². The van der Waals surface area contributed by atoms with Gasteiger partial charge >= 0.3 is 11.8 Å². The third kappa shape index (κ3) is 4.70. The molecule has 1 aromatic rings. The van der Waals surface area contributed by atoms with Crippen LogP contribution in [0.2, 0.25) is 0 Å². The van der Waals surface area contributed by atoms with E-state index in [0.29, 0.717) is 37.2 Å². The summed E-state index contributed by atoms with van der Waals surface area (Å²) in [4.78, 5) is 36.7. The molecule has 23 heavy (non-hydrogen) atoms. The van der Waals surface area contributed by atoms with E-state index in [0.717, 1.165) is 13.0 Å². The highest BCUT2D eigenvalue weighted by Gasteiger charge is 2.19.